The van der Waals surface area contributed by atoms with Crippen molar-refractivity contribution in [1.82, 2.24) is 0 Å². The Morgan fingerprint density at radius 1 is 1.44 bits per heavy atom. The van der Waals surface area contributed by atoms with Crippen molar-refractivity contribution in [1.29, 1.82) is 0 Å². The number of epoxide rings is 1. The lowest BCUT2D eigenvalue weighted by Gasteiger charge is -2.08. The van der Waals surface area contributed by atoms with E-state index >= 15 is 0 Å². The third-order valence-corrected chi connectivity index (χ3v) is 3.77. The Morgan fingerprint density at radius 3 is 2.81 bits per heavy atom. The van der Waals surface area contributed by atoms with E-state index in [0.29, 0.717) is 19.3 Å². The minimum Gasteiger partial charge on any atom is -0.374 e. The van der Waals surface area contributed by atoms with E-state index < -0.39 is 0 Å². The molecule has 16 heavy (non-hydrogen) atoms. The molecular weight excluding hydrogens is 336 g/mol. The van der Waals surface area contributed by atoms with E-state index in [4.69, 9.17) is 9.47 Å². The predicted octanol–water partition coefficient (Wildman–Crippen LogP) is 3.77. The summed E-state index contributed by atoms with van der Waals surface area (Å²) in [6.07, 6.45) is 2.13. The van der Waals surface area contributed by atoms with Crippen LogP contribution in [0.2, 0.25) is 0 Å². The van der Waals surface area contributed by atoms with Crippen LogP contribution >= 0.6 is 31.9 Å². The van der Waals surface area contributed by atoms with Crippen molar-refractivity contribution in [3.63, 3.8) is 0 Å². The van der Waals surface area contributed by atoms with Gasteiger partial charge < -0.3 is 9.47 Å². The van der Waals surface area contributed by atoms with Crippen molar-refractivity contribution < 1.29 is 9.47 Å². The molecule has 0 amide bonds. The molecule has 0 spiro atoms. The van der Waals surface area contributed by atoms with Gasteiger partial charge in [0.15, 0.2) is 0 Å². The zero-order valence-corrected chi connectivity index (χ0v) is 11.9. The Bertz CT molecular complexity index is 400. The molecule has 1 unspecified atom stereocenters. The first kappa shape index (κ1) is 12.3. The van der Waals surface area contributed by atoms with Gasteiger partial charge in [0.05, 0.1) is 19.8 Å². The standard InChI is InChI=1S/C12H12Br2O2/c1-2-8-3-12(14)9(4-11(8)13)5-15-6-10-7-16-10/h2-4,10H,1,5-7H2. The molecule has 1 fully saturated rings. The van der Waals surface area contributed by atoms with Gasteiger partial charge in [-0.1, -0.05) is 44.5 Å². The molecular formula is C12H12Br2O2. The van der Waals surface area contributed by atoms with Crippen LogP contribution in [0, 0.1) is 0 Å². The van der Waals surface area contributed by atoms with E-state index in [0.717, 1.165) is 26.7 Å². The molecule has 1 aromatic rings. The fraction of sp³-hybridized carbons (Fsp3) is 0.333. The monoisotopic (exact) mass is 346 g/mol. The third-order valence-electron chi connectivity index (χ3n) is 2.35. The lowest BCUT2D eigenvalue weighted by molar-refractivity contribution is 0.104. The van der Waals surface area contributed by atoms with Crippen molar-refractivity contribution in [3.8, 4) is 0 Å². The number of halogens is 2. The molecule has 2 rings (SSSR count). The molecule has 0 bridgehead atoms. The topological polar surface area (TPSA) is 21.8 Å². The van der Waals surface area contributed by atoms with Crippen LogP contribution in [0.15, 0.2) is 27.7 Å². The van der Waals surface area contributed by atoms with Gasteiger partial charge in [-0.05, 0) is 23.3 Å². The second-order valence-corrected chi connectivity index (χ2v) is 5.35. The molecule has 1 aromatic carbocycles. The van der Waals surface area contributed by atoms with Crippen molar-refractivity contribution in [2.75, 3.05) is 13.2 Å². The van der Waals surface area contributed by atoms with Gasteiger partial charge in [0.25, 0.3) is 0 Å². The lowest BCUT2D eigenvalue weighted by Crippen LogP contribution is -2.02. The second-order valence-electron chi connectivity index (χ2n) is 3.64. The largest absolute Gasteiger partial charge is 0.374 e. The van der Waals surface area contributed by atoms with Crippen molar-refractivity contribution in [2.24, 2.45) is 0 Å². The van der Waals surface area contributed by atoms with Gasteiger partial charge in [0.1, 0.15) is 6.10 Å². The summed E-state index contributed by atoms with van der Waals surface area (Å²) in [6, 6.07) is 4.08. The first-order chi connectivity index (χ1) is 7.70. The summed E-state index contributed by atoms with van der Waals surface area (Å²) in [5.74, 6) is 0. The van der Waals surface area contributed by atoms with E-state index in [9.17, 15) is 0 Å². The van der Waals surface area contributed by atoms with Crippen LogP contribution in [0.25, 0.3) is 6.08 Å². The summed E-state index contributed by atoms with van der Waals surface area (Å²) >= 11 is 7.03. The third kappa shape index (κ3) is 3.17. The van der Waals surface area contributed by atoms with Crippen LogP contribution in [-0.4, -0.2) is 19.3 Å². The van der Waals surface area contributed by atoms with Crippen molar-refractivity contribution >= 4 is 37.9 Å². The lowest BCUT2D eigenvalue weighted by atomic mass is 10.1. The summed E-state index contributed by atoms with van der Waals surface area (Å²) in [5.41, 5.74) is 2.19. The van der Waals surface area contributed by atoms with Crippen LogP contribution in [0.5, 0.6) is 0 Å². The fourth-order valence-electron chi connectivity index (χ4n) is 1.34. The van der Waals surface area contributed by atoms with Gasteiger partial charge in [-0.2, -0.15) is 0 Å². The molecule has 1 heterocycles. The van der Waals surface area contributed by atoms with Crippen LogP contribution in [0.1, 0.15) is 11.1 Å². The molecule has 0 radical (unpaired) electrons. The SMILES string of the molecule is C=Cc1cc(Br)c(COCC2CO2)cc1Br. The minimum atomic E-state index is 0.315. The first-order valence-corrected chi connectivity index (χ1v) is 6.59. The van der Waals surface area contributed by atoms with Crippen LogP contribution in [0.3, 0.4) is 0 Å². The van der Waals surface area contributed by atoms with Crippen LogP contribution in [-0.2, 0) is 16.1 Å². The van der Waals surface area contributed by atoms with E-state index in [1.165, 1.54) is 0 Å². The second kappa shape index (κ2) is 5.45. The number of benzene rings is 1. The number of rotatable bonds is 5. The van der Waals surface area contributed by atoms with E-state index in [1.54, 1.807) is 0 Å². The summed E-state index contributed by atoms with van der Waals surface area (Å²) < 4.78 is 12.7. The molecule has 86 valence electrons. The molecule has 4 heteroatoms. The van der Waals surface area contributed by atoms with Gasteiger partial charge in [-0.15, -0.1) is 0 Å². The average Bonchev–Trinajstić information content (AvgIpc) is 3.06. The van der Waals surface area contributed by atoms with Gasteiger partial charge in [-0.25, -0.2) is 0 Å². The zero-order chi connectivity index (χ0) is 11.5. The fourth-order valence-corrected chi connectivity index (χ4v) is 2.36. The molecule has 0 N–H and O–H groups in total. The molecule has 1 atom stereocenters. The Hall–Kier alpha value is -0.160. The maximum Gasteiger partial charge on any atom is 0.104 e. The van der Waals surface area contributed by atoms with Crippen molar-refractivity contribution in [2.45, 2.75) is 12.7 Å². The number of hydrogen-bond acceptors (Lipinski definition) is 2. The molecule has 0 aromatic heterocycles. The minimum absolute atomic E-state index is 0.315. The number of ether oxygens (including phenoxy) is 2. The highest BCUT2D eigenvalue weighted by Gasteiger charge is 2.22. The van der Waals surface area contributed by atoms with Gasteiger partial charge in [-0.3, -0.25) is 0 Å². The first-order valence-electron chi connectivity index (χ1n) is 5.00. The van der Waals surface area contributed by atoms with Gasteiger partial charge >= 0.3 is 0 Å². The number of hydrogen-bond donors (Lipinski definition) is 0. The Balaban J connectivity index is 2.01. The highest BCUT2D eigenvalue weighted by Crippen LogP contribution is 2.27. The summed E-state index contributed by atoms with van der Waals surface area (Å²) in [6.45, 7) is 5.86. The summed E-state index contributed by atoms with van der Waals surface area (Å²) in [7, 11) is 0. The molecule has 0 saturated carbocycles. The summed E-state index contributed by atoms with van der Waals surface area (Å²) in [4.78, 5) is 0. The van der Waals surface area contributed by atoms with Gasteiger partial charge in [0.2, 0.25) is 0 Å². The quantitative estimate of drug-likeness (QED) is 0.756. The smallest absolute Gasteiger partial charge is 0.104 e. The maximum absolute atomic E-state index is 5.55. The highest BCUT2D eigenvalue weighted by atomic mass is 79.9. The Kier molecular flexibility index (Phi) is 4.19. The predicted molar refractivity (Wildman–Crippen MR) is 71.3 cm³/mol. The van der Waals surface area contributed by atoms with E-state index in [2.05, 4.69) is 44.5 Å². The van der Waals surface area contributed by atoms with E-state index in [1.807, 2.05) is 12.1 Å². The molecule has 0 aliphatic carbocycles. The van der Waals surface area contributed by atoms with Gasteiger partial charge in [0, 0.05) is 8.95 Å². The average molecular weight is 348 g/mol. The molecule has 1 aliphatic heterocycles. The van der Waals surface area contributed by atoms with E-state index in [-0.39, 0.29) is 0 Å². The molecule has 1 aliphatic rings. The summed E-state index contributed by atoms with van der Waals surface area (Å²) in [5, 5.41) is 0. The normalized spacial score (nSPS) is 18.5. The Labute approximate surface area is 112 Å². The van der Waals surface area contributed by atoms with Crippen LogP contribution in [0.4, 0.5) is 0 Å². The van der Waals surface area contributed by atoms with Crippen LogP contribution < -0.4 is 0 Å². The highest BCUT2D eigenvalue weighted by molar-refractivity contribution is 9.11. The Morgan fingerprint density at radius 2 is 2.19 bits per heavy atom. The van der Waals surface area contributed by atoms with Crippen molar-refractivity contribution in [3.05, 3.63) is 38.8 Å². The molecule has 1 saturated heterocycles. The molecule has 2 nitrogen and oxygen atoms in total. The maximum atomic E-state index is 5.55. The zero-order valence-electron chi connectivity index (χ0n) is 8.71.